The highest BCUT2D eigenvalue weighted by Crippen LogP contribution is 2.27. The van der Waals surface area contributed by atoms with Gasteiger partial charge in [0, 0.05) is 0 Å². The molecule has 0 spiro atoms. The van der Waals surface area contributed by atoms with Crippen molar-refractivity contribution >= 4 is 27.2 Å². The second-order valence-corrected chi connectivity index (χ2v) is 7.45. The maximum atomic E-state index is 13.7. The van der Waals surface area contributed by atoms with Gasteiger partial charge in [-0.3, -0.25) is 4.72 Å². The first-order valence-electron chi connectivity index (χ1n) is 8.04. The maximum Gasteiger partial charge on any atom is 0.266 e. The highest BCUT2D eigenvalue weighted by atomic mass is 32.2. The fraction of sp³-hybridized carbons (Fsp3) is 0.105. The van der Waals surface area contributed by atoms with Gasteiger partial charge in [0.05, 0.1) is 24.7 Å². The summed E-state index contributed by atoms with van der Waals surface area (Å²) in [6.45, 7) is 1.79. The zero-order valence-electron chi connectivity index (χ0n) is 14.7. The second-order valence-electron chi connectivity index (χ2n) is 5.80. The number of hydrogen-bond donors (Lipinski definition) is 2. The standard InChI is InChI=1S/C19H18FN3O3S/c1-13-7-9-17(26-2)18(11-13)27(24,25)23-19-10-8-14(12-21-19)22-16-6-4-3-5-15(16)20/h3-12,22H,1-2H3,(H,21,23). The summed E-state index contributed by atoms with van der Waals surface area (Å²) in [7, 11) is -2.47. The minimum Gasteiger partial charge on any atom is -0.495 e. The number of nitrogens with one attached hydrogen (secondary N) is 2. The van der Waals surface area contributed by atoms with E-state index in [1.165, 1.54) is 31.5 Å². The molecule has 0 atom stereocenters. The van der Waals surface area contributed by atoms with Gasteiger partial charge < -0.3 is 10.1 Å². The van der Waals surface area contributed by atoms with Gasteiger partial charge in [0.2, 0.25) is 0 Å². The molecule has 8 heteroatoms. The number of methoxy groups -OCH3 is 1. The molecule has 0 saturated carbocycles. The molecular weight excluding hydrogens is 369 g/mol. The lowest BCUT2D eigenvalue weighted by atomic mass is 10.2. The molecule has 0 saturated heterocycles. The Morgan fingerprint density at radius 1 is 1.07 bits per heavy atom. The van der Waals surface area contributed by atoms with E-state index in [1.807, 2.05) is 0 Å². The van der Waals surface area contributed by atoms with Crippen molar-refractivity contribution in [2.75, 3.05) is 17.1 Å². The quantitative estimate of drug-likeness (QED) is 0.666. The van der Waals surface area contributed by atoms with E-state index < -0.39 is 15.8 Å². The summed E-state index contributed by atoms with van der Waals surface area (Å²) in [5.41, 5.74) is 1.61. The second kappa shape index (κ2) is 7.63. The van der Waals surface area contributed by atoms with Gasteiger partial charge in [-0.05, 0) is 48.9 Å². The number of aryl methyl sites for hydroxylation is 1. The molecule has 2 N–H and O–H groups in total. The number of pyridine rings is 1. The summed E-state index contributed by atoms with van der Waals surface area (Å²) in [4.78, 5) is 4.11. The molecule has 1 aromatic heterocycles. The van der Waals surface area contributed by atoms with E-state index in [0.29, 0.717) is 11.4 Å². The summed E-state index contributed by atoms with van der Waals surface area (Å²) in [5.74, 6) is -0.0163. The van der Waals surface area contributed by atoms with Gasteiger partial charge >= 0.3 is 0 Å². The van der Waals surface area contributed by atoms with E-state index in [9.17, 15) is 12.8 Å². The van der Waals surface area contributed by atoms with Crippen molar-refractivity contribution in [2.24, 2.45) is 0 Å². The lowest BCUT2D eigenvalue weighted by Crippen LogP contribution is -2.15. The molecule has 0 fully saturated rings. The van der Waals surface area contributed by atoms with E-state index in [0.717, 1.165) is 5.56 Å². The Hall–Kier alpha value is -3.13. The van der Waals surface area contributed by atoms with Crippen molar-refractivity contribution in [3.63, 3.8) is 0 Å². The van der Waals surface area contributed by atoms with Gasteiger partial charge in [0.25, 0.3) is 10.0 Å². The molecule has 0 bridgehead atoms. The van der Waals surface area contributed by atoms with Crippen LogP contribution in [0.1, 0.15) is 5.56 Å². The van der Waals surface area contributed by atoms with E-state index in [1.54, 1.807) is 43.3 Å². The first kappa shape index (κ1) is 18.7. The number of aromatic nitrogens is 1. The minimum absolute atomic E-state index is 0.0281. The predicted molar refractivity (Wildman–Crippen MR) is 102 cm³/mol. The molecule has 2 aromatic carbocycles. The van der Waals surface area contributed by atoms with Gasteiger partial charge in [-0.1, -0.05) is 18.2 Å². The number of sulfonamides is 1. The van der Waals surface area contributed by atoms with E-state index >= 15 is 0 Å². The van der Waals surface area contributed by atoms with Crippen molar-refractivity contribution < 1.29 is 17.5 Å². The van der Waals surface area contributed by atoms with Gasteiger partial charge in [-0.25, -0.2) is 17.8 Å². The first-order valence-corrected chi connectivity index (χ1v) is 9.52. The van der Waals surface area contributed by atoms with Gasteiger partial charge in [0.15, 0.2) is 0 Å². The van der Waals surface area contributed by atoms with Crippen LogP contribution in [0.3, 0.4) is 0 Å². The van der Waals surface area contributed by atoms with Crippen molar-refractivity contribution in [2.45, 2.75) is 11.8 Å². The molecular formula is C19H18FN3O3S. The summed E-state index contributed by atoms with van der Waals surface area (Å²) < 4.78 is 46.6. The molecule has 0 aliphatic rings. The Kier molecular flexibility index (Phi) is 5.27. The van der Waals surface area contributed by atoms with E-state index in [4.69, 9.17) is 4.74 Å². The molecule has 3 aromatic rings. The monoisotopic (exact) mass is 387 g/mol. The molecule has 3 rings (SSSR count). The molecule has 0 aliphatic heterocycles. The Morgan fingerprint density at radius 3 is 2.52 bits per heavy atom. The Bertz CT molecular complexity index is 1050. The van der Waals surface area contributed by atoms with Gasteiger partial charge in [0.1, 0.15) is 22.3 Å². The number of rotatable bonds is 6. The van der Waals surface area contributed by atoms with Crippen LogP contribution in [0.15, 0.2) is 65.7 Å². The van der Waals surface area contributed by atoms with Crippen molar-refractivity contribution in [3.05, 3.63) is 72.2 Å². The molecule has 27 heavy (non-hydrogen) atoms. The largest absolute Gasteiger partial charge is 0.495 e. The van der Waals surface area contributed by atoms with Crippen LogP contribution in [0.2, 0.25) is 0 Å². The molecule has 0 radical (unpaired) electrons. The van der Waals surface area contributed by atoms with Crippen LogP contribution in [0, 0.1) is 12.7 Å². The summed E-state index contributed by atoms with van der Waals surface area (Å²) >= 11 is 0. The summed E-state index contributed by atoms with van der Waals surface area (Å²) in [6.07, 6.45) is 1.41. The van der Waals surface area contributed by atoms with Gasteiger partial charge in [-0.2, -0.15) is 0 Å². The lowest BCUT2D eigenvalue weighted by Gasteiger charge is -2.12. The third-order valence-corrected chi connectivity index (χ3v) is 5.14. The van der Waals surface area contributed by atoms with Crippen LogP contribution in [-0.4, -0.2) is 20.5 Å². The number of nitrogens with zero attached hydrogens (tertiary/aromatic N) is 1. The Labute approximate surface area is 157 Å². The van der Waals surface area contributed by atoms with Crippen LogP contribution in [-0.2, 0) is 10.0 Å². The van der Waals surface area contributed by atoms with Crippen LogP contribution in [0.25, 0.3) is 0 Å². The molecule has 140 valence electrons. The zero-order chi connectivity index (χ0) is 19.4. The predicted octanol–water partition coefficient (Wildman–Crippen LogP) is 4.08. The molecule has 6 nitrogen and oxygen atoms in total. The van der Waals surface area contributed by atoms with E-state index in [-0.39, 0.29) is 16.5 Å². The number of para-hydroxylation sites is 1. The number of ether oxygens (including phenoxy) is 1. The summed E-state index contributed by atoms with van der Waals surface area (Å²) in [6, 6.07) is 14.2. The van der Waals surface area contributed by atoms with Crippen molar-refractivity contribution in [1.82, 2.24) is 4.98 Å². The number of hydrogen-bond acceptors (Lipinski definition) is 5. The average molecular weight is 387 g/mol. The SMILES string of the molecule is COc1ccc(C)cc1S(=O)(=O)Nc1ccc(Nc2ccccc2F)cn1. The van der Waals surface area contributed by atoms with Crippen molar-refractivity contribution in [3.8, 4) is 5.75 Å². The lowest BCUT2D eigenvalue weighted by molar-refractivity contribution is 0.402. The number of anilines is 3. The fourth-order valence-corrected chi connectivity index (χ4v) is 3.70. The third-order valence-electron chi connectivity index (χ3n) is 3.76. The van der Waals surface area contributed by atoms with Crippen LogP contribution >= 0.6 is 0 Å². The van der Waals surface area contributed by atoms with E-state index in [2.05, 4.69) is 15.0 Å². The minimum atomic E-state index is -3.87. The maximum absolute atomic E-state index is 13.7. The van der Waals surface area contributed by atoms with Crippen LogP contribution in [0.5, 0.6) is 5.75 Å². The number of halogens is 1. The fourth-order valence-electron chi connectivity index (χ4n) is 2.43. The average Bonchev–Trinajstić information content (AvgIpc) is 2.65. The van der Waals surface area contributed by atoms with Gasteiger partial charge in [-0.15, -0.1) is 0 Å². The topological polar surface area (TPSA) is 80.3 Å². The normalized spacial score (nSPS) is 11.1. The molecule has 0 amide bonds. The smallest absolute Gasteiger partial charge is 0.266 e. The Morgan fingerprint density at radius 2 is 1.85 bits per heavy atom. The summed E-state index contributed by atoms with van der Waals surface area (Å²) in [5, 5.41) is 2.88. The molecule has 0 unspecified atom stereocenters. The highest BCUT2D eigenvalue weighted by Gasteiger charge is 2.20. The molecule has 0 aliphatic carbocycles. The zero-order valence-corrected chi connectivity index (χ0v) is 15.5. The van der Waals surface area contributed by atoms with Crippen molar-refractivity contribution in [1.29, 1.82) is 0 Å². The third kappa shape index (κ3) is 4.35. The number of benzene rings is 2. The van der Waals surface area contributed by atoms with Crippen LogP contribution < -0.4 is 14.8 Å². The van der Waals surface area contributed by atoms with Crippen LogP contribution in [0.4, 0.5) is 21.6 Å². The molecule has 1 heterocycles. The Balaban J connectivity index is 1.80. The first-order chi connectivity index (χ1) is 12.9. The highest BCUT2D eigenvalue weighted by molar-refractivity contribution is 7.92.